The fourth-order valence-electron chi connectivity index (χ4n) is 1.56. The first-order valence-corrected chi connectivity index (χ1v) is 6.29. The van der Waals surface area contributed by atoms with Gasteiger partial charge in [0.2, 0.25) is 5.91 Å². The molecule has 1 amide bonds. The summed E-state index contributed by atoms with van der Waals surface area (Å²) in [5, 5.41) is 4.72. The van der Waals surface area contributed by atoms with Crippen LogP contribution in [0.3, 0.4) is 0 Å². The number of carbonyl (C=O) groups excluding carboxylic acids is 1. The summed E-state index contributed by atoms with van der Waals surface area (Å²) in [5.74, 6) is -0.588. The van der Waals surface area contributed by atoms with Gasteiger partial charge in [-0.1, -0.05) is 0 Å². The van der Waals surface area contributed by atoms with Gasteiger partial charge in [-0.2, -0.15) is 0 Å². The fourth-order valence-corrected chi connectivity index (χ4v) is 2.09. The number of carbonyl (C=O) groups is 1. The summed E-state index contributed by atoms with van der Waals surface area (Å²) in [7, 11) is 1.43. The molecular weight excluding hydrogens is 305 g/mol. The van der Waals surface area contributed by atoms with Crippen LogP contribution in [0, 0.1) is 5.82 Å². The van der Waals surface area contributed by atoms with Gasteiger partial charge in [0.05, 0.1) is 7.11 Å². The number of halogens is 2. The molecule has 1 aromatic carbocycles. The summed E-state index contributed by atoms with van der Waals surface area (Å²) in [6.07, 6.45) is 1.56. The molecule has 0 bridgehead atoms. The van der Waals surface area contributed by atoms with E-state index in [1.165, 1.54) is 36.6 Å². The van der Waals surface area contributed by atoms with Crippen molar-refractivity contribution in [3.63, 3.8) is 0 Å². The molecule has 3 N–H and O–H groups in total. The standard InChI is InChI=1S/C12H12FN3O2S.ClH/c1-18-9-3-2-7(13)6-8(9)10(14)11(17)16-12-15-4-5-19-12;/h2-6,10H,14H2,1H3,(H,15,16,17);1H/t10-;/m1./s1. The first kappa shape index (κ1) is 16.4. The fraction of sp³-hybridized carbons (Fsp3) is 0.167. The molecule has 2 aromatic rings. The van der Waals surface area contributed by atoms with Gasteiger partial charge in [-0.25, -0.2) is 9.37 Å². The molecule has 0 saturated carbocycles. The number of hydrogen-bond acceptors (Lipinski definition) is 5. The molecule has 1 aromatic heterocycles. The van der Waals surface area contributed by atoms with Gasteiger partial charge in [-0.3, -0.25) is 4.79 Å². The van der Waals surface area contributed by atoms with Crippen molar-refractivity contribution >= 4 is 34.8 Å². The number of nitrogens with zero attached hydrogens (tertiary/aromatic N) is 1. The van der Waals surface area contributed by atoms with Crippen molar-refractivity contribution in [2.24, 2.45) is 5.73 Å². The van der Waals surface area contributed by atoms with E-state index in [1.54, 1.807) is 11.6 Å². The van der Waals surface area contributed by atoms with Gasteiger partial charge in [-0.05, 0) is 18.2 Å². The van der Waals surface area contributed by atoms with Crippen LogP contribution >= 0.6 is 23.7 Å². The summed E-state index contributed by atoms with van der Waals surface area (Å²) in [6, 6.07) is 2.83. The van der Waals surface area contributed by atoms with Gasteiger partial charge in [-0.15, -0.1) is 23.7 Å². The SMILES string of the molecule is COc1ccc(F)cc1[C@@H](N)C(=O)Nc1nccs1.Cl. The van der Waals surface area contributed by atoms with E-state index in [1.807, 2.05) is 0 Å². The number of nitrogens with one attached hydrogen (secondary N) is 1. The number of ether oxygens (including phenoxy) is 1. The predicted octanol–water partition coefficient (Wildman–Crippen LogP) is 2.35. The van der Waals surface area contributed by atoms with E-state index < -0.39 is 17.8 Å². The third kappa shape index (κ3) is 3.66. The summed E-state index contributed by atoms with van der Waals surface area (Å²) in [6.45, 7) is 0. The number of anilines is 1. The number of rotatable bonds is 4. The van der Waals surface area contributed by atoms with Crippen LogP contribution in [-0.2, 0) is 4.79 Å². The van der Waals surface area contributed by atoms with Crippen molar-refractivity contribution in [2.45, 2.75) is 6.04 Å². The molecule has 2 rings (SSSR count). The number of benzene rings is 1. The lowest BCUT2D eigenvalue weighted by Gasteiger charge is -2.14. The molecule has 5 nitrogen and oxygen atoms in total. The van der Waals surface area contributed by atoms with Crippen molar-refractivity contribution in [3.8, 4) is 5.75 Å². The smallest absolute Gasteiger partial charge is 0.247 e. The topological polar surface area (TPSA) is 77.2 Å². The van der Waals surface area contributed by atoms with Gasteiger partial charge in [0.25, 0.3) is 0 Å². The zero-order valence-corrected chi connectivity index (χ0v) is 12.1. The van der Waals surface area contributed by atoms with Crippen LogP contribution in [0.2, 0.25) is 0 Å². The Hall–Kier alpha value is -1.70. The second-order valence-corrected chi connectivity index (χ2v) is 4.59. The van der Waals surface area contributed by atoms with Crippen molar-refractivity contribution in [3.05, 3.63) is 41.2 Å². The molecule has 0 spiro atoms. The summed E-state index contributed by atoms with van der Waals surface area (Å²) in [5.41, 5.74) is 6.11. The molecule has 108 valence electrons. The molecule has 0 aliphatic rings. The monoisotopic (exact) mass is 317 g/mol. The Morgan fingerprint density at radius 1 is 1.55 bits per heavy atom. The Bertz CT molecular complexity index is 580. The summed E-state index contributed by atoms with van der Waals surface area (Å²) >= 11 is 1.27. The lowest BCUT2D eigenvalue weighted by atomic mass is 10.1. The molecule has 0 unspecified atom stereocenters. The molecule has 0 saturated heterocycles. The van der Waals surface area contributed by atoms with Crippen molar-refractivity contribution in [1.29, 1.82) is 0 Å². The second-order valence-electron chi connectivity index (χ2n) is 3.69. The number of nitrogens with two attached hydrogens (primary N) is 1. The highest BCUT2D eigenvalue weighted by Gasteiger charge is 2.21. The van der Waals surface area contributed by atoms with Gasteiger partial charge < -0.3 is 15.8 Å². The highest BCUT2D eigenvalue weighted by molar-refractivity contribution is 7.13. The van der Waals surface area contributed by atoms with Crippen molar-refractivity contribution in [2.75, 3.05) is 12.4 Å². The van der Waals surface area contributed by atoms with Crippen LogP contribution < -0.4 is 15.8 Å². The first-order valence-electron chi connectivity index (χ1n) is 5.41. The Balaban J connectivity index is 0.00000200. The van der Waals surface area contributed by atoms with Crippen LogP contribution in [0.4, 0.5) is 9.52 Å². The van der Waals surface area contributed by atoms with E-state index in [0.717, 1.165) is 0 Å². The number of thiazole rings is 1. The first-order chi connectivity index (χ1) is 9.11. The molecule has 1 heterocycles. The lowest BCUT2D eigenvalue weighted by Crippen LogP contribution is -2.28. The summed E-state index contributed by atoms with van der Waals surface area (Å²) < 4.78 is 18.3. The lowest BCUT2D eigenvalue weighted by molar-refractivity contribution is -0.117. The third-order valence-electron chi connectivity index (χ3n) is 2.47. The van der Waals surface area contributed by atoms with Gasteiger partial charge in [0, 0.05) is 17.1 Å². The van der Waals surface area contributed by atoms with Crippen LogP contribution in [-0.4, -0.2) is 18.0 Å². The minimum Gasteiger partial charge on any atom is -0.496 e. The van der Waals surface area contributed by atoms with Gasteiger partial charge >= 0.3 is 0 Å². The number of amides is 1. The van der Waals surface area contributed by atoms with Gasteiger partial charge in [0.15, 0.2) is 5.13 Å². The summed E-state index contributed by atoms with van der Waals surface area (Å²) in [4.78, 5) is 15.9. The number of aromatic nitrogens is 1. The maximum absolute atomic E-state index is 13.2. The molecule has 0 aliphatic heterocycles. The maximum Gasteiger partial charge on any atom is 0.247 e. The Morgan fingerprint density at radius 2 is 2.30 bits per heavy atom. The zero-order valence-electron chi connectivity index (χ0n) is 10.5. The van der Waals surface area contributed by atoms with Crippen LogP contribution in [0.15, 0.2) is 29.8 Å². The third-order valence-corrected chi connectivity index (χ3v) is 3.16. The maximum atomic E-state index is 13.2. The molecular formula is C12H13ClFN3O2S. The normalized spacial score (nSPS) is 11.3. The average molecular weight is 318 g/mol. The molecule has 0 fully saturated rings. The highest BCUT2D eigenvalue weighted by atomic mass is 35.5. The van der Waals surface area contributed by atoms with Crippen molar-refractivity contribution in [1.82, 2.24) is 4.98 Å². The Morgan fingerprint density at radius 3 is 2.90 bits per heavy atom. The van der Waals surface area contributed by atoms with Crippen LogP contribution in [0.5, 0.6) is 5.75 Å². The molecule has 1 atom stereocenters. The molecule has 0 aliphatic carbocycles. The minimum atomic E-state index is -1.03. The van der Waals surface area contributed by atoms with Crippen LogP contribution in [0.1, 0.15) is 11.6 Å². The largest absolute Gasteiger partial charge is 0.496 e. The van der Waals surface area contributed by atoms with E-state index in [-0.39, 0.29) is 18.0 Å². The molecule has 20 heavy (non-hydrogen) atoms. The number of methoxy groups -OCH3 is 1. The zero-order chi connectivity index (χ0) is 13.8. The predicted molar refractivity (Wildman–Crippen MR) is 77.9 cm³/mol. The molecule has 8 heteroatoms. The highest BCUT2D eigenvalue weighted by Crippen LogP contribution is 2.25. The van der Waals surface area contributed by atoms with E-state index in [9.17, 15) is 9.18 Å². The quantitative estimate of drug-likeness (QED) is 0.907. The second kappa shape index (κ2) is 7.18. The van der Waals surface area contributed by atoms with E-state index in [4.69, 9.17) is 10.5 Å². The average Bonchev–Trinajstić information content (AvgIpc) is 2.90. The van der Waals surface area contributed by atoms with E-state index in [0.29, 0.717) is 10.9 Å². The minimum absolute atomic E-state index is 0. The Kier molecular flexibility index (Phi) is 5.87. The molecule has 0 radical (unpaired) electrons. The van der Waals surface area contributed by atoms with E-state index >= 15 is 0 Å². The van der Waals surface area contributed by atoms with E-state index in [2.05, 4.69) is 10.3 Å². The van der Waals surface area contributed by atoms with Gasteiger partial charge in [0.1, 0.15) is 17.6 Å². The number of hydrogen-bond donors (Lipinski definition) is 2. The van der Waals surface area contributed by atoms with Crippen molar-refractivity contribution < 1.29 is 13.9 Å². The Labute approximate surface area is 125 Å². The van der Waals surface area contributed by atoms with Crippen LogP contribution in [0.25, 0.3) is 0 Å².